The molecule has 6 heteroatoms. The van der Waals surface area contributed by atoms with E-state index in [9.17, 15) is 0 Å². The predicted octanol–water partition coefficient (Wildman–Crippen LogP) is 3.53. The number of aromatic nitrogens is 1. The van der Waals surface area contributed by atoms with Crippen LogP contribution in [-0.4, -0.2) is 35.5 Å². The minimum Gasteiger partial charge on any atom is -0.444 e. The first-order chi connectivity index (χ1) is 13.5. The second-order valence-corrected chi connectivity index (χ2v) is 7.66. The maximum atomic E-state index is 5.59. The number of hydrogen-bond acceptors (Lipinski definition) is 4. The maximum Gasteiger partial charge on any atom is 0.214 e. The lowest BCUT2D eigenvalue weighted by Gasteiger charge is -2.33. The maximum absolute atomic E-state index is 5.59. The summed E-state index contributed by atoms with van der Waals surface area (Å²) in [5, 5.41) is 6.59. The number of oxazole rings is 1. The predicted molar refractivity (Wildman–Crippen MR) is 113 cm³/mol. The normalized spacial score (nSPS) is 18.3. The Balaban J connectivity index is 1.46. The van der Waals surface area contributed by atoms with Crippen molar-refractivity contribution in [2.24, 2.45) is 4.99 Å². The van der Waals surface area contributed by atoms with Crippen molar-refractivity contribution in [2.75, 3.05) is 13.6 Å². The van der Waals surface area contributed by atoms with Crippen molar-refractivity contribution in [1.29, 1.82) is 0 Å². The van der Waals surface area contributed by atoms with Crippen LogP contribution in [0, 0.1) is 13.8 Å². The number of likely N-dealkylation sites (tertiary alicyclic amines) is 1. The van der Waals surface area contributed by atoms with Crippen molar-refractivity contribution >= 4 is 5.96 Å². The van der Waals surface area contributed by atoms with Gasteiger partial charge in [-0.1, -0.05) is 30.7 Å². The molecule has 1 unspecified atom stereocenters. The molecule has 152 valence electrons. The second kappa shape index (κ2) is 9.73. The highest BCUT2D eigenvalue weighted by Gasteiger charge is 2.17. The Kier molecular flexibility index (Phi) is 7.09. The summed E-state index contributed by atoms with van der Waals surface area (Å²) in [6.07, 6.45) is 4.01. The van der Waals surface area contributed by atoms with Crippen LogP contribution >= 0.6 is 0 Å². The molecular formula is C22H33N5O. The van der Waals surface area contributed by atoms with E-state index in [0.29, 0.717) is 18.5 Å². The largest absolute Gasteiger partial charge is 0.444 e. The first-order valence-corrected chi connectivity index (χ1v) is 10.2. The Bertz CT molecular complexity index is 761. The summed E-state index contributed by atoms with van der Waals surface area (Å²) in [5.74, 6) is 2.27. The van der Waals surface area contributed by atoms with Crippen molar-refractivity contribution in [2.45, 2.75) is 65.7 Å². The highest BCUT2D eigenvalue weighted by molar-refractivity contribution is 5.79. The fraction of sp³-hybridized carbons (Fsp3) is 0.545. The van der Waals surface area contributed by atoms with E-state index in [-0.39, 0.29) is 0 Å². The lowest BCUT2D eigenvalue weighted by molar-refractivity contribution is 0.152. The lowest BCUT2D eigenvalue weighted by Crippen LogP contribution is -2.37. The van der Waals surface area contributed by atoms with Crippen LogP contribution in [0.1, 0.15) is 54.7 Å². The van der Waals surface area contributed by atoms with Gasteiger partial charge in [0.15, 0.2) is 5.96 Å². The quantitative estimate of drug-likeness (QED) is 0.590. The first-order valence-electron chi connectivity index (χ1n) is 10.2. The lowest BCUT2D eigenvalue weighted by atomic mass is 10.0. The molecule has 2 heterocycles. The number of hydrogen-bond donors (Lipinski definition) is 2. The molecular weight excluding hydrogens is 350 g/mol. The molecule has 0 aliphatic carbocycles. The molecule has 6 nitrogen and oxygen atoms in total. The number of benzene rings is 1. The minimum absolute atomic E-state index is 0.515. The number of piperidine rings is 1. The van der Waals surface area contributed by atoms with Gasteiger partial charge in [0.1, 0.15) is 5.76 Å². The van der Waals surface area contributed by atoms with E-state index >= 15 is 0 Å². The molecule has 1 saturated heterocycles. The highest BCUT2D eigenvalue weighted by atomic mass is 16.4. The number of rotatable bonds is 6. The summed E-state index contributed by atoms with van der Waals surface area (Å²) in [6.45, 7) is 9.73. The average molecular weight is 384 g/mol. The molecule has 2 N–H and O–H groups in total. The Morgan fingerprint density at radius 2 is 1.86 bits per heavy atom. The van der Waals surface area contributed by atoms with E-state index in [1.807, 2.05) is 13.8 Å². The number of nitrogens with one attached hydrogen (secondary N) is 2. The van der Waals surface area contributed by atoms with E-state index in [2.05, 4.69) is 56.7 Å². The molecule has 28 heavy (non-hydrogen) atoms. The Morgan fingerprint density at radius 3 is 2.50 bits per heavy atom. The summed E-state index contributed by atoms with van der Waals surface area (Å²) in [5.41, 5.74) is 3.55. The van der Waals surface area contributed by atoms with Gasteiger partial charge >= 0.3 is 0 Å². The molecule has 1 aromatic carbocycles. The van der Waals surface area contributed by atoms with Crippen LogP contribution in [0.4, 0.5) is 0 Å². The van der Waals surface area contributed by atoms with E-state index < -0.39 is 0 Å². The third-order valence-electron chi connectivity index (χ3n) is 5.51. The Hall–Kier alpha value is -2.34. The second-order valence-electron chi connectivity index (χ2n) is 7.66. The van der Waals surface area contributed by atoms with Crippen LogP contribution < -0.4 is 10.6 Å². The van der Waals surface area contributed by atoms with Gasteiger partial charge in [-0.3, -0.25) is 9.89 Å². The van der Waals surface area contributed by atoms with Crippen LogP contribution in [0.2, 0.25) is 0 Å². The van der Waals surface area contributed by atoms with Gasteiger partial charge in [0.05, 0.1) is 12.2 Å². The van der Waals surface area contributed by atoms with Crippen LogP contribution in [0.15, 0.2) is 33.7 Å². The topological polar surface area (TPSA) is 65.7 Å². The molecule has 1 aliphatic heterocycles. The van der Waals surface area contributed by atoms with Crippen LogP contribution in [0.25, 0.3) is 0 Å². The fourth-order valence-electron chi connectivity index (χ4n) is 3.57. The van der Waals surface area contributed by atoms with E-state index in [4.69, 9.17) is 4.42 Å². The van der Waals surface area contributed by atoms with Crippen LogP contribution in [-0.2, 0) is 19.6 Å². The fourth-order valence-corrected chi connectivity index (χ4v) is 3.57. The molecule has 0 saturated carbocycles. The molecule has 1 atom stereocenters. The van der Waals surface area contributed by atoms with Gasteiger partial charge in [-0.05, 0) is 51.3 Å². The van der Waals surface area contributed by atoms with Gasteiger partial charge in [-0.15, -0.1) is 0 Å². The Labute approximate surface area is 168 Å². The average Bonchev–Trinajstić information content (AvgIpc) is 3.02. The third-order valence-corrected chi connectivity index (χ3v) is 5.51. The third kappa shape index (κ3) is 5.58. The summed E-state index contributed by atoms with van der Waals surface area (Å²) < 4.78 is 5.59. The molecule has 0 bridgehead atoms. The monoisotopic (exact) mass is 383 g/mol. The summed E-state index contributed by atoms with van der Waals surface area (Å²) in [6, 6.07) is 9.58. The van der Waals surface area contributed by atoms with E-state index in [1.54, 1.807) is 7.05 Å². The number of guanidine groups is 1. The van der Waals surface area contributed by atoms with Crippen molar-refractivity contribution < 1.29 is 4.42 Å². The smallest absolute Gasteiger partial charge is 0.214 e. The zero-order valence-corrected chi connectivity index (χ0v) is 17.6. The number of aliphatic imine (C=N–C) groups is 1. The van der Waals surface area contributed by atoms with Crippen molar-refractivity contribution in [1.82, 2.24) is 20.5 Å². The van der Waals surface area contributed by atoms with Crippen LogP contribution in [0.5, 0.6) is 0 Å². The highest BCUT2D eigenvalue weighted by Crippen LogP contribution is 2.19. The molecule has 2 aromatic rings. The van der Waals surface area contributed by atoms with Gasteiger partial charge in [-0.25, -0.2) is 4.98 Å². The van der Waals surface area contributed by atoms with Gasteiger partial charge in [0.2, 0.25) is 5.89 Å². The molecule has 3 rings (SSSR count). The zero-order chi connectivity index (χ0) is 19.9. The minimum atomic E-state index is 0.515. The molecule has 0 amide bonds. The summed E-state index contributed by atoms with van der Waals surface area (Å²) >= 11 is 0. The summed E-state index contributed by atoms with van der Waals surface area (Å²) in [7, 11) is 1.77. The van der Waals surface area contributed by atoms with Crippen molar-refractivity contribution in [3.05, 3.63) is 52.7 Å². The Morgan fingerprint density at radius 1 is 1.14 bits per heavy atom. The zero-order valence-electron chi connectivity index (χ0n) is 17.6. The number of nitrogens with zero attached hydrogens (tertiary/aromatic N) is 3. The standard InChI is InChI=1S/C22H33N5O/c1-16-7-5-6-12-27(16)15-20-10-8-19(9-11-20)13-24-22(23-4)25-14-21-26-17(2)18(3)28-21/h8-11,16H,5-7,12-15H2,1-4H3,(H2,23,24,25). The molecule has 1 fully saturated rings. The molecule has 0 spiro atoms. The van der Waals surface area contributed by atoms with Gasteiger partial charge in [0, 0.05) is 26.2 Å². The van der Waals surface area contributed by atoms with E-state index in [0.717, 1.165) is 30.5 Å². The van der Waals surface area contributed by atoms with Gasteiger partial charge in [-0.2, -0.15) is 0 Å². The molecule has 1 aliphatic rings. The SMILES string of the molecule is CN=C(NCc1ccc(CN2CCCCC2C)cc1)NCc1nc(C)c(C)o1. The van der Waals surface area contributed by atoms with Gasteiger partial charge < -0.3 is 15.1 Å². The number of aryl methyl sites for hydroxylation is 2. The molecule has 1 aromatic heterocycles. The van der Waals surface area contributed by atoms with Crippen LogP contribution in [0.3, 0.4) is 0 Å². The van der Waals surface area contributed by atoms with Gasteiger partial charge in [0.25, 0.3) is 0 Å². The van der Waals surface area contributed by atoms with E-state index in [1.165, 1.54) is 36.9 Å². The molecule has 0 radical (unpaired) electrons. The summed E-state index contributed by atoms with van der Waals surface area (Å²) in [4.78, 5) is 11.2. The van der Waals surface area contributed by atoms with Crippen molar-refractivity contribution in [3.8, 4) is 0 Å². The van der Waals surface area contributed by atoms with Crippen molar-refractivity contribution in [3.63, 3.8) is 0 Å². The first kappa shape index (κ1) is 20.4.